The van der Waals surface area contributed by atoms with Gasteiger partial charge < -0.3 is 5.32 Å². The summed E-state index contributed by atoms with van der Waals surface area (Å²) in [6, 6.07) is 14.1. The van der Waals surface area contributed by atoms with Gasteiger partial charge in [0.15, 0.2) is 0 Å². The van der Waals surface area contributed by atoms with Crippen molar-refractivity contribution in [2.75, 3.05) is 18.9 Å². The number of benzene rings is 2. The van der Waals surface area contributed by atoms with Crippen LogP contribution in [0.1, 0.15) is 24.0 Å². The Morgan fingerprint density at radius 2 is 1.72 bits per heavy atom. The van der Waals surface area contributed by atoms with Crippen molar-refractivity contribution >= 4 is 21.6 Å². The Bertz CT molecular complexity index is 833. The highest BCUT2D eigenvalue weighted by Crippen LogP contribution is 2.18. The van der Waals surface area contributed by atoms with Crippen LogP contribution in [0.5, 0.6) is 0 Å². The van der Waals surface area contributed by atoms with Gasteiger partial charge in [-0.05, 0) is 49.6 Å². The monoisotopic (exact) mass is 360 g/mol. The molecule has 2 aromatic carbocycles. The van der Waals surface area contributed by atoms with Gasteiger partial charge in [-0.2, -0.15) is 0 Å². The van der Waals surface area contributed by atoms with Crippen molar-refractivity contribution in [3.63, 3.8) is 0 Å². The van der Waals surface area contributed by atoms with Crippen LogP contribution in [0.25, 0.3) is 0 Å². The number of sulfonamides is 1. The van der Waals surface area contributed by atoms with E-state index in [1.807, 2.05) is 32.0 Å². The molecule has 0 saturated heterocycles. The first-order valence-electron chi connectivity index (χ1n) is 8.20. The zero-order chi connectivity index (χ0) is 18.4. The van der Waals surface area contributed by atoms with Crippen LogP contribution in [-0.4, -0.2) is 32.2 Å². The minimum absolute atomic E-state index is 0.112. The average molecular weight is 360 g/mol. The predicted octanol–water partition coefficient (Wildman–Crippen LogP) is 3.34. The first kappa shape index (κ1) is 19.1. The molecule has 0 saturated carbocycles. The number of nitrogens with zero attached hydrogens (tertiary/aromatic N) is 1. The Labute approximate surface area is 149 Å². The summed E-state index contributed by atoms with van der Waals surface area (Å²) in [7, 11) is -1.97. The summed E-state index contributed by atoms with van der Waals surface area (Å²) < 4.78 is 26.1. The van der Waals surface area contributed by atoms with E-state index in [4.69, 9.17) is 0 Å². The van der Waals surface area contributed by atoms with Crippen molar-refractivity contribution in [1.29, 1.82) is 0 Å². The molecule has 0 fully saturated rings. The first-order valence-corrected chi connectivity index (χ1v) is 9.64. The SMILES string of the molecule is Cc1cccc(NC(=O)CCCN(C)S(=O)(=O)c2ccccc2)c1C. The molecule has 2 aromatic rings. The van der Waals surface area contributed by atoms with E-state index < -0.39 is 10.0 Å². The third-order valence-corrected chi connectivity index (χ3v) is 6.08. The second kappa shape index (κ2) is 8.27. The van der Waals surface area contributed by atoms with E-state index in [0.29, 0.717) is 6.42 Å². The molecule has 0 aliphatic heterocycles. The maximum atomic E-state index is 12.4. The van der Waals surface area contributed by atoms with Crippen LogP contribution >= 0.6 is 0 Å². The van der Waals surface area contributed by atoms with E-state index in [1.165, 1.54) is 11.4 Å². The molecule has 0 aliphatic rings. The Balaban J connectivity index is 1.88. The van der Waals surface area contributed by atoms with Gasteiger partial charge in [-0.15, -0.1) is 0 Å². The number of rotatable bonds is 7. The number of hydrogen-bond acceptors (Lipinski definition) is 3. The maximum Gasteiger partial charge on any atom is 0.242 e. The fraction of sp³-hybridized carbons (Fsp3) is 0.316. The van der Waals surface area contributed by atoms with Crippen molar-refractivity contribution in [3.8, 4) is 0 Å². The molecule has 0 bridgehead atoms. The van der Waals surface area contributed by atoms with Crippen molar-refractivity contribution in [2.24, 2.45) is 0 Å². The average Bonchev–Trinajstić information content (AvgIpc) is 2.59. The smallest absolute Gasteiger partial charge is 0.242 e. The van der Waals surface area contributed by atoms with Crippen molar-refractivity contribution in [2.45, 2.75) is 31.6 Å². The van der Waals surface area contributed by atoms with Crippen molar-refractivity contribution in [3.05, 3.63) is 59.7 Å². The van der Waals surface area contributed by atoms with Crippen LogP contribution in [0.4, 0.5) is 5.69 Å². The number of aryl methyl sites for hydroxylation is 1. The zero-order valence-electron chi connectivity index (χ0n) is 14.8. The molecule has 134 valence electrons. The van der Waals surface area contributed by atoms with Crippen LogP contribution in [0.15, 0.2) is 53.4 Å². The van der Waals surface area contributed by atoms with E-state index in [0.717, 1.165) is 16.8 Å². The summed E-state index contributed by atoms with van der Waals surface area (Å²) in [5, 5.41) is 2.89. The standard InChI is InChI=1S/C19H24N2O3S/c1-15-9-7-12-18(16(15)2)20-19(22)13-8-14-21(3)25(23,24)17-10-5-4-6-11-17/h4-7,9-12H,8,13-14H2,1-3H3,(H,20,22). The van der Waals surface area contributed by atoms with Gasteiger partial charge in [0.25, 0.3) is 0 Å². The summed E-state index contributed by atoms with van der Waals surface area (Å²) in [5.41, 5.74) is 2.96. The van der Waals surface area contributed by atoms with E-state index in [-0.39, 0.29) is 23.8 Å². The molecule has 25 heavy (non-hydrogen) atoms. The molecular weight excluding hydrogens is 336 g/mol. The fourth-order valence-electron chi connectivity index (χ4n) is 2.45. The van der Waals surface area contributed by atoms with Gasteiger partial charge in [0.05, 0.1) is 4.90 Å². The molecule has 0 aromatic heterocycles. The van der Waals surface area contributed by atoms with Crippen molar-refractivity contribution in [1.82, 2.24) is 4.31 Å². The largest absolute Gasteiger partial charge is 0.326 e. The minimum Gasteiger partial charge on any atom is -0.326 e. The van der Waals surface area contributed by atoms with Crippen LogP contribution < -0.4 is 5.32 Å². The molecule has 1 N–H and O–H groups in total. The number of anilines is 1. The fourth-order valence-corrected chi connectivity index (χ4v) is 3.68. The van der Waals surface area contributed by atoms with E-state index in [2.05, 4.69) is 5.32 Å². The van der Waals surface area contributed by atoms with Crippen LogP contribution in [0, 0.1) is 13.8 Å². The summed E-state index contributed by atoms with van der Waals surface area (Å²) in [4.78, 5) is 12.4. The van der Waals surface area contributed by atoms with Crippen LogP contribution in [0.3, 0.4) is 0 Å². The number of hydrogen-bond donors (Lipinski definition) is 1. The molecule has 0 radical (unpaired) electrons. The van der Waals surface area contributed by atoms with Gasteiger partial charge in [-0.1, -0.05) is 30.3 Å². The Morgan fingerprint density at radius 1 is 1.04 bits per heavy atom. The van der Waals surface area contributed by atoms with Gasteiger partial charge in [-0.25, -0.2) is 12.7 Å². The van der Waals surface area contributed by atoms with E-state index >= 15 is 0 Å². The Morgan fingerprint density at radius 3 is 2.40 bits per heavy atom. The minimum atomic E-state index is -3.51. The highest BCUT2D eigenvalue weighted by molar-refractivity contribution is 7.89. The highest BCUT2D eigenvalue weighted by Gasteiger charge is 2.20. The maximum absolute atomic E-state index is 12.4. The molecule has 6 heteroatoms. The molecular formula is C19H24N2O3S. The Kier molecular flexibility index (Phi) is 6.33. The molecule has 0 atom stereocenters. The third kappa shape index (κ3) is 4.90. The van der Waals surface area contributed by atoms with Gasteiger partial charge in [0.1, 0.15) is 0 Å². The molecule has 0 unspecified atom stereocenters. The van der Waals surface area contributed by atoms with Crippen LogP contribution in [-0.2, 0) is 14.8 Å². The molecule has 0 heterocycles. The summed E-state index contributed by atoms with van der Waals surface area (Å²) in [6.07, 6.45) is 0.724. The van der Waals surface area contributed by atoms with E-state index in [9.17, 15) is 13.2 Å². The Hall–Kier alpha value is -2.18. The lowest BCUT2D eigenvalue weighted by Gasteiger charge is -2.17. The summed E-state index contributed by atoms with van der Waals surface area (Å²) in [6.45, 7) is 4.25. The quantitative estimate of drug-likeness (QED) is 0.823. The number of nitrogens with one attached hydrogen (secondary N) is 1. The number of carbonyl (C=O) groups is 1. The second-order valence-corrected chi connectivity index (χ2v) is 8.08. The second-order valence-electron chi connectivity index (χ2n) is 6.04. The molecule has 0 aliphatic carbocycles. The lowest BCUT2D eigenvalue weighted by molar-refractivity contribution is -0.116. The zero-order valence-corrected chi connectivity index (χ0v) is 15.6. The third-order valence-electron chi connectivity index (χ3n) is 4.21. The van der Waals surface area contributed by atoms with Crippen LogP contribution in [0.2, 0.25) is 0 Å². The van der Waals surface area contributed by atoms with E-state index in [1.54, 1.807) is 30.3 Å². The topological polar surface area (TPSA) is 66.5 Å². The molecule has 1 amide bonds. The highest BCUT2D eigenvalue weighted by atomic mass is 32.2. The molecule has 5 nitrogen and oxygen atoms in total. The van der Waals surface area contributed by atoms with Gasteiger partial charge >= 0.3 is 0 Å². The summed E-state index contributed by atoms with van der Waals surface area (Å²) in [5.74, 6) is -0.112. The summed E-state index contributed by atoms with van der Waals surface area (Å²) >= 11 is 0. The van der Waals surface area contributed by atoms with Gasteiger partial charge in [-0.3, -0.25) is 4.79 Å². The van der Waals surface area contributed by atoms with Crippen molar-refractivity contribution < 1.29 is 13.2 Å². The molecule has 2 rings (SSSR count). The number of carbonyl (C=O) groups excluding carboxylic acids is 1. The lowest BCUT2D eigenvalue weighted by Crippen LogP contribution is -2.28. The lowest BCUT2D eigenvalue weighted by atomic mass is 10.1. The van der Waals surface area contributed by atoms with Gasteiger partial charge in [0, 0.05) is 25.7 Å². The normalized spacial score (nSPS) is 11.5. The predicted molar refractivity (Wildman–Crippen MR) is 100 cm³/mol. The first-order chi connectivity index (χ1) is 11.8. The molecule has 0 spiro atoms. The van der Waals surface area contributed by atoms with Gasteiger partial charge in [0.2, 0.25) is 15.9 Å². The number of amides is 1.